The van der Waals surface area contributed by atoms with Crippen molar-refractivity contribution in [2.24, 2.45) is 0 Å². The van der Waals surface area contributed by atoms with Gasteiger partial charge in [0, 0.05) is 0 Å². The van der Waals surface area contributed by atoms with E-state index in [1.165, 1.54) is 0 Å². The van der Waals surface area contributed by atoms with Crippen molar-refractivity contribution in [3.8, 4) is 0 Å². The van der Waals surface area contributed by atoms with Crippen LogP contribution in [0.15, 0.2) is 0 Å². The molecule has 0 nitrogen and oxygen atoms in total. The summed E-state index contributed by atoms with van der Waals surface area (Å²) in [5.41, 5.74) is 0. The second kappa shape index (κ2) is 89.5. The molecule has 9 heavy (non-hydrogen) atoms. The van der Waals surface area contributed by atoms with E-state index < -0.39 is 0 Å². The van der Waals surface area contributed by atoms with Gasteiger partial charge in [-0.1, -0.05) is 0 Å². The molecule has 0 aromatic heterocycles. The molecule has 0 aromatic rings. The summed E-state index contributed by atoms with van der Waals surface area (Å²) in [7, 11) is 0. The van der Waals surface area contributed by atoms with E-state index in [1.54, 1.807) is 0 Å². The van der Waals surface area contributed by atoms with E-state index in [-0.39, 0.29) is 141 Å². The van der Waals surface area contributed by atoms with Crippen LogP contribution in [0.5, 0.6) is 0 Å². The second-order valence-electron chi connectivity index (χ2n) is 0. The third-order valence-electron chi connectivity index (χ3n) is 0. The van der Waals surface area contributed by atoms with E-state index in [2.05, 4.69) is 0 Å². The van der Waals surface area contributed by atoms with Gasteiger partial charge in [-0.05, 0) is 0 Å². The molecule has 0 bridgehead atoms. The largest absolute Gasteiger partial charge is 3.00 e. The Kier molecular flexibility index (Phi) is 1140. The predicted octanol–water partition coefficient (Wildman–Crippen LogP) is -0.0220. The summed E-state index contributed by atoms with van der Waals surface area (Å²) in [6.07, 6.45) is 0. The van der Waals surface area contributed by atoms with Crippen molar-refractivity contribution in [3.63, 3.8) is 0 Å². The molecule has 0 rings (SSSR count). The molecule has 0 aromatic carbocycles. The summed E-state index contributed by atoms with van der Waals surface area (Å²) in [5.74, 6) is 0. The molecule has 0 fully saturated rings. The first-order chi connectivity index (χ1) is 0. The fourth-order valence-electron chi connectivity index (χ4n) is 0. The number of hydrogen-bond acceptors (Lipinski definition) is 0. The van der Waals surface area contributed by atoms with Gasteiger partial charge in [0.1, 0.15) is 0 Å². The van der Waals surface area contributed by atoms with E-state index in [0.717, 1.165) is 0 Å². The topological polar surface area (TPSA) is 0 Å². The van der Waals surface area contributed by atoms with E-state index in [1.807, 2.05) is 0 Å². The third kappa shape index (κ3) is 74.0. The number of rotatable bonds is 0. The van der Waals surface area contributed by atoms with E-state index >= 15 is 0 Å². The second-order valence-corrected chi connectivity index (χ2v) is 0. The van der Waals surface area contributed by atoms with Gasteiger partial charge in [-0.3, -0.25) is 0 Å². The summed E-state index contributed by atoms with van der Waals surface area (Å²) >= 11 is 0. The van der Waals surface area contributed by atoms with Gasteiger partial charge in [0.25, 0.3) is 0 Å². The van der Waals surface area contributed by atoms with Crippen molar-refractivity contribution in [1.82, 2.24) is 0 Å². The van der Waals surface area contributed by atoms with Crippen LogP contribution in [0.25, 0.3) is 0 Å². The zero-order chi connectivity index (χ0) is 0. The zero-order valence-corrected chi connectivity index (χ0v) is 16.8. The van der Waals surface area contributed by atoms with Crippen LogP contribution in [0.2, 0.25) is 0 Å². The van der Waals surface area contributed by atoms with Crippen LogP contribution >= 0.6 is 0 Å². The van der Waals surface area contributed by atoms with Crippen molar-refractivity contribution in [1.29, 1.82) is 0 Å². The van der Waals surface area contributed by atoms with Gasteiger partial charge in [0.15, 0.2) is 0 Å². The third-order valence-corrected chi connectivity index (χ3v) is 0. The normalized spacial score (nSPS) is 0. The van der Waals surface area contributed by atoms with Crippen molar-refractivity contribution < 1.29 is 73.7 Å². The van der Waals surface area contributed by atoms with Gasteiger partial charge in [-0.25, -0.2) is 0 Å². The summed E-state index contributed by atoms with van der Waals surface area (Å²) in [5, 5.41) is 0. The van der Waals surface area contributed by atoms with Gasteiger partial charge in [0.05, 0.1) is 0 Å². The Morgan fingerprint density at radius 2 is 0.333 bits per heavy atom. The van der Waals surface area contributed by atoms with Crippen LogP contribution in [-0.4, -0.2) is 0 Å². The summed E-state index contributed by atoms with van der Waals surface area (Å²) in [6, 6.07) is 0. The molecular weight excluding hydrogens is 395 g/mol. The van der Waals surface area contributed by atoms with Gasteiger partial charge in [-0.15, -0.1) is 0 Å². The Morgan fingerprint density at radius 3 is 0.333 bits per heavy atom. The molecule has 0 aliphatic rings. The molecule has 0 N–H and O–H groups in total. The van der Waals surface area contributed by atoms with E-state index in [4.69, 9.17) is 0 Å². The minimum Gasteiger partial charge on any atom is -2.00 e. The Labute approximate surface area is 139 Å². The fourth-order valence-corrected chi connectivity index (χ4v) is 0. The van der Waals surface area contributed by atoms with Crippen LogP contribution in [0.4, 0.5) is 0 Å². The standard InChI is InChI=1S/2Cr.5S.2Zn/q2*+3;5*-2;2*+2. The van der Waals surface area contributed by atoms with Crippen LogP contribution in [0.1, 0.15) is 0 Å². The molecular formula is Cr2S5Zn2. The molecule has 0 atom stereocenters. The first-order valence-electron chi connectivity index (χ1n) is 0. The first-order valence-corrected chi connectivity index (χ1v) is 0. The summed E-state index contributed by atoms with van der Waals surface area (Å²) < 4.78 is 0. The molecule has 0 saturated heterocycles. The van der Waals surface area contributed by atoms with Crippen LogP contribution in [0.3, 0.4) is 0 Å². The molecule has 0 aliphatic carbocycles. The summed E-state index contributed by atoms with van der Waals surface area (Å²) in [4.78, 5) is 0. The zero-order valence-electron chi connectivity index (χ0n) is 4.27. The molecule has 46 valence electrons. The molecule has 9 heteroatoms. The van der Waals surface area contributed by atoms with Crippen LogP contribution in [0, 0.1) is 0 Å². The predicted molar refractivity (Wildman–Crippen MR) is 36.8 cm³/mol. The average molecular weight is 395 g/mol. The fraction of sp³-hybridized carbons (Fsp3) is 0. The minimum atomic E-state index is 0. The Balaban J connectivity index is 0. The Morgan fingerprint density at radius 1 is 0.333 bits per heavy atom. The SMILES string of the molecule is [Cr+3].[Cr+3].[S-2].[S-2].[S-2].[S-2].[S-2].[Zn+2].[Zn+2]. The monoisotopic (exact) mass is 392 g/mol. The van der Waals surface area contributed by atoms with Crippen molar-refractivity contribution in [2.75, 3.05) is 0 Å². The van der Waals surface area contributed by atoms with Gasteiger partial charge < -0.3 is 67.5 Å². The number of hydrogen-bond donors (Lipinski definition) is 0. The quantitative estimate of drug-likeness (QED) is 0.506. The van der Waals surface area contributed by atoms with Crippen molar-refractivity contribution >= 4 is 67.5 Å². The average Bonchev–Trinajstić information content (AvgIpc) is 0. The van der Waals surface area contributed by atoms with E-state index in [9.17, 15) is 0 Å². The van der Waals surface area contributed by atoms with Crippen LogP contribution < -0.4 is 0 Å². The maximum absolute atomic E-state index is 0. The molecule has 0 saturated carbocycles. The van der Waals surface area contributed by atoms with Gasteiger partial charge >= 0.3 is 73.7 Å². The molecule has 0 spiro atoms. The molecule has 2 radical (unpaired) electrons. The van der Waals surface area contributed by atoms with Gasteiger partial charge in [0.2, 0.25) is 0 Å². The van der Waals surface area contributed by atoms with Gasteiger partial charge in [-0.2, -0.15) is 0 Å². The Bertz CT molecular complexity index is 12.9. The van der Waals surface area contributed by atoms with Crippen molar-refractivity contribution in [2.45, 2.75) is 0 Å². The molecule has 0 amide bonds. The van der Waals surface area contributed by atoms with Crippen LogP contribution in [-0.2, 0) is 141 Å². The molecule has 0 heterocycles. The maximum atomic E-state index is 0. The van der Waals surface area contributed by atoms with Crippen molar-refractivity contribution in [3.05, 3.63) is 0 Å². The molecule has 0 unspecified atom stereocenters. The first kappa shape index (κ1) is 115. The van der Waals surface area contributed by atoms with E-state index in [0.29, 0.717) is 0 Å². The maximum Gasteiger partial charge on any atom is 3.00 e. The summed E-state index contributed by atoms with van der Waals surface area (Å²) in [6.45, 7) is 0. The Hall–Kier alpha value is 4.06. The molecule has 0 aliphatic heterocycles. The smallest absolute Gasteiger partial charge is 2.00 e. The minimum absolute atomic E-state index is 0.